The third-order valence-electron chi connectivity index (χ3n) is 2.81. The van der Waals surface area contributed by atoms with Crippen LogP contribution in [0.5, 0.6) is 5.75 Å². The molecule has 0 bridgehead atoms. The van der Waals surface area contributed by atoms with Gasteiger partial charge in [-0.25, -0.2) is 9.59 Å². The molecule has 0 aliphatic heterocycles. The Morgan fingerprint density at radius 3 is 2.57 bits per heavy atom. The lowest BCUT2D eigenvalue weighted by Crippen LogP contribution is -2.35. The maximum absolute atomic E-state index is 12.1. The average molecular weight is 292 g/mol. The van der Waals surface area contributed by atoms with E-state index in [1.165, 1.54) is 25.3 Å². The van der Waals surface area contributed by atoms with Gasteiger partial charge >= 0.3 is 12.0 Å². The molecule has 1 aromatic carbocycles. The summed E-state index contributed by atoms with van der Waals surface area (Å²) < 4.78 is 5.02. The molecular formula is C15H20N2O4. The number of aromatic carboxylic acids is 1. The second kappa shape index (κ2) is 7.33. The number of anilines is 1. The Bertz CT molecular complexity index is 555. The molecule has 2 N–H and O–H groups in total. The van der Waals surface area contributed by atoms with Crippen LogP contribution in [0.15, 0.2) is 30.4 Å². The average Bonchev–Trinajstić information content (AvgIpc) is 2.43. The van der Waals surface area contributed by atoms with E-state index < -0.39 is 5.97 Å². The Hall–Kier alpha value is -2.50. The zero-order valence-electron chi connectivity index (χ0n) is 12.5. The number of ether oxygens (including phenoxy) is 1. The number of nitrogens with zero attached hydrogens (tertiary/aromatic N) is 1. The van der Waals surface area contributed by atoms with Gasteiger partial charge in [0, 0.05) is 24.8 Å². The van der Waals surface area contributed by atoms with Crippen LogP contribution in [0.25, 0.3) is 0 Å². The van der Waals surface area contributed by atoms with Crippen molar-refractivity contribution in [1.82, 2.24) is 4.90 Å². The molecule has 0 saturated heterocycles. The van der Waals surface area contributed by atoms with E-state index in [1.54, 1.807) is 4.90 Å². The number of methoxy groups -OCH3 is 1. The number of carboxylic acid groups (broad SMARTS) is 1. The van der Waals surface area contributed by atoms with Crippen molar-refractivity contribution >= 4 is 17.7 Å². The molecule has 1 aromatic rings. The van der Waals surface area contributed by atoms with Gasteiger partial charge < -0.3 is 20.1 Å². The molecule has 0 spiro atoms. The maximum atomic E-state index is 12.1. The molecule has 6 heteroatoms. The van der Waals surface area contributed by atoms with Gasteiger partial charge in [-0.15, -0.1) is 0 Å². The smallest absolute Gasteiger partial charge is 0.339 e. The molecular weight excluding hydrogens is 272 g/mol. The van der Waals surface area contributed by atoms with Crippen LogP contribution >= 0.6 is 0 Å². The number of hydrogen-bond donors (Lipinski definition) is 2. The molecule has 0 fully saturated rings. The Kier molecular flexibility index (Phi) is 5.78. The van der Waals surface area contributed by atoms with Gasteiger partial charge in [0.05, 0.1) is 7.11 Å². The SMILES string of the molecule is C=C(C)CN(CC)C(=O)Nc1ccc(C(=O)O)c(OC)c1. The summed E-state index contributed by atoms with van der Waals surface area (Å²) in [6.07, 6.45) is 0. The highest BCUT2D eigenvalue weighted by molar-refractivity contribution is 5.94. The van der Waals surface area contributed by atoms with Crippen molar-refractivity contribution in [3.63, 3.8) is 0 Å². The van der Waals surface area contributed by atoms with Crippen molar-refractivity contribution < 1.29 is 19.4 Å². The highest BCUT2D eigenvalue weighted by Crippen LogP contribution is 2.23. The Balaban J connectivity index is 2.90. The summed E-state index contributed by atoms with van der Waals surface area (Å²) in [7, 11) is 1.38. The lowest BCUT2D eigenvalue weighted by molar-refractivity contribution is 0.0693. The molecule has 0 atom stereocenters. The maximum Gasteiger partial charge on any atom is 0.339 e. The van der Waals surface area contributed by atoms with E-state index >= 15 is 0 Å². The van der Waals surface area contributed by atoms with E-state index in [2.05, 4.69) is 11.9 Å². The predicted molar refractivity (Wildman–Crippen MR) is 81.0 cm³/mol. The number of carbonyl (C=O) groups excluding carboxylic acids is 1. The summed E-state index contributed by atoms with van der Waals surface area (Å²) in [5.74, 6) is -0.884. The standard InChI is InChI=1S/C15H20N2O4/c1-5-17(9-10(2)3)15(20)16-11-6-7-12(14(18)19)13(8-11)21-4/h6-8H,2,5,9H2,1,3-4H3,(H,16,20)(H,18,19). The van der Waals surface area contributed by atoms with E-state index in [1.807, 2.05) is 13.8 Å². The van der Waals surface area contributed by atoms with Gasteiger partial charge in [0.15, 0.2) is 0 Å². The molecule has 2 amide bonds. The third kappa shape index (κ3) is 4.52. The number of rotatable bonds is 6. The fourth-order valence-corrected chi connectivity index (χ4v) is 1.80. The molecule has 6 nitrogen and oxygen atoms in total. The van der Waals surface area contributed by atoms with Crippen molar-refractivity contribution in [1.29, 1.82) is 0 Å². The van der Waals surface area contributed by atoms with Crippen molar-refractivity contribution in [2.45, 2.75) is 13.8 Å². The largest absolute Gasteiger partial charge is 0.496 e. The Morgan fingerprint density at radius 1 is 1.43 bits per heavy atom. The Labute approximate surface area is 124 Å². The van der Waals surface area contributed by atoms with E-state index in [0.717, 1.165) is 5.57 Å². The first-order valence-corrected chi connectivity index (χ1v) is 6.50. The highest BCUT2D eigenvalue weighted by atomic mass is 16.5. The summed E-state index contributed by atoms with van der Waals surface area (Å²) in [6, 6.07) is 4.13. The molecule has 0 radical (unpaired) electrons. The number of amides is 2. The van der Waals surface area contributed by atoms with Crippen LogP contribution in [0, 0.1) is 0 Å². The molecule has 0 heterocycles. The van der Waals surface area contributed by atoms with Crippen LogP contribution < -0.4 is 10.1 Å². The van der Waals surface area contributed by atoms with Crippen molar-refractivity contribution in [2.24, 2.45) is 0 Å². The summed E-state index contributed by atoms with van der Waals surface area (Å²) in [4.78, 5) is 24.7. The topological polar surface area (TPSA) is 78.9 Å². The number of carboxylic acids is 1. The highest BCUT2D eigenvalue weighted by Gasteiger charge is 2.15. The monoisotopic (exact) mass is 292 g/mol. The first kappa shape index (κ1) is 16.6. The summed E-state index contributed by atoms with van der Waals surface area (Å²) in [5.41, 5.74) is 1.40. The minimum Gasteiger partial charge on any atom is -0.496 e. The third-order valence-corrected chi connectivity index (χ3v) is 2.81. The number of hydrogen-bond acceptors (Lipinski definition) is 3. The van der Waals surface area contributed by atoms with Crippen LogP contribution in [0.3, 0.4) is 0 Å². The molecule has 1 rings (SSSR count). The van der Waals surface area contributed by atoms with Crippen LogP contribution in [-0.4, -0.2) is 42.2 Å². The van der Waals surface area contributed by atoms with Crippen molar-refractivity contribution in [3.8, 4) is 5.75 Å². The molecule has 0 saturated carbocycles. The van der Waals surface area contributed by atoms with Gasteiger partial charge in [0.1, 0.15) is 11.3 Å². The number of nitrogens with one attached hydrogen (secondary N) is 1. The Morgan fingerprint density at radius 2 is 2.10 bits per heavy atom. The number of urea groups is 1. The van der Waals surface area contributed by atoms with E-state index in [0.29, 0.717) is 18.8 Å². The molecule has 114 valence electrons. The summed E-state index contributed by atoms with van der Waals surface area (Å²) in [5, 5.41) is 11.7. The van der Waals surface area contributed by atoms with Crippen molar-refractivity contribution in [2.75, 3.05) is 25.5 Å². The lowest BCUT2D eigenvalue weighted by atomic mass is 10.2. The van der Waals surface area contributed by atoms with Crippen LogP contribution in [0.4, 0.5) is 10.5 Å². The first-order valence-electron chi connectivity index (χ1n) is 6.50. The molecule has 0 aliphatic rings. The van der Waals surface area contributed by atoms with E-state index in [4.69, 9.17) is 9.84 Å². The number of benzene rings is 1. The van der Waals surface area contributed by atoms with Gasteiger partial charge in [0.2, 0.25) is 0 Å². The fraction of sp³-hybridized carbons (Fsp3) is 0.333. The van der Waals surface area contributed by atoms with Gasteiger partial charge in [-0.1, -0.05) is 12.2 Å². The number of likely N-dealkylation sites (N-methyl/N-ethyl adjacent to an activating group) is 1. The zero-order chi connectivity index (χ0) is 16.0. The van der Waals surface area contributed by atoms with Gasteiger partial charge in [0.25, 0.3) is 0 Å². The second-order valence-electron chi connectivity index (χ2n) is 4.62. The normalized spacial score (nSPS) is 9.86. The minimum absolute atomic E-state index is 0.0461. The van der Waals surface area contributed by atoms with Crippen LogP contribution in [0.2, 0.25) is 0 Å². The molecule has 0 aromatic heterocycles. The molecule has 21 heavy (non-hydrogen) atoms. The van der Waals surface area contributed by atoms with E-state index in [-0.39, 0.29) is 17.3 Å². The second-order valence-corrected chi connectivity index (χ2v) is 4.62. The minimum atomic E-state index is -1.08. The van der Waals surface area contributed by atoms with Gasteiger partial charge in [-0.05, 0) is 26.0 Å². The quantitative estimate of drug-likeness (QED) is 0.790. The summed E-state index contributed by atoms with van der Waals surface area (Å²) in [6.45, 7) is 8.51. The van der Waals surface area contributed by atoms with Crippen LogP contribution in [-0.2, 0) is 0 Å². The van der Waals surface area contributed by atoms with Gasteiger partial charge in [-0.3, -0.25) is 0 Å². The predicted octanol–water partition coefficient (Wildman–Crippen LogP) is 2.82. The van der Waals surface area contributed by atoms with Crippen LogP contribution in [0.1, 0.15) is 24.2 Å². The van der Waals surface area contributed by atoms with Crippen molar-refractivity contribution in [3.05, 3.63) is 35.9 Å². The zero-order valence-corrected chi connectivity index (χ0v) is 12.5. The molecule has 0 aliphatic carbocycles. The van der Waals surface area contributed by atoms with Gasteiger partial charge in [-0.2, -0.15) is 0 Å². The lowest BCUT2D eigenvalue weighted by Gasteiger charge is -2.21. The summed E-state index contributed by atoms with van der Waals surface area (Å²) >= 11 is 0. The fourth-order valence-electron chi connectivity index (χ4n) is 1.80. The molecule has 0 unspecified atom stereocenters. The first-order chi connectivity index (χ1) is 9.88. The van der Waals surface area contributed by atoms with E-state index in [9.17, 15) is 9.59 Å². The number of carbonyl (C=O) groups is 2.